The molecule has 5 amide bonds. The average Bonchev–Trinajstić information content (AvgIpc) is 3.08. The van der Waals surface area contributed by atoms with Crippen molar-refractivity contribution in [3.05, 3.63) is 76.5 Å². The van der Waals surface area contributed by atoms with E-state index in [4.69, 9.17) is 9.47 Å². The number of carbonyl (C=O) groups excluding carboxylic acids is 4. The average molecular weight is 493 g/mol. The minimum absolute atomic E-state index is 0.103. The van der Waals surface area contributed by atoms with Gasteiger partial charge >= 0.3 is 18.0 Å². The van der Waals surface area contributed by atoms with Gasteiger partial charge in [0.1, 0.15) is 11.3 Å². The Bertz CT molecular complexity index is 1240. The SMILES string of the molecule is CCOC(=O)C1=C(CN2C(=O)NC(C)(c3ccc(C)cc3)C2=O)NC(=O)NC1c1ccc(OC)cc1. The Balaban J connectivity index is 1.72. The summed E-state index contributed by atoms with van der Waals surface area (Å²) in [6, 6.07) is 12.1. The van der Waals surface area contributed by atoms with Gasteiger partial charge in [-0.05, 0) is 44.0 Å². The number of rotatable bonds is 7. The van der Waals surface area contributed by atoms with Gasteiger partial charge < -0.3 is 25.4 Å². The summed E-state index contributed by atoms with van der Waals surface area (Å²) in [5.41, 5.74) is 1.16. The van der Waals surface area contributed by atoms with Crippen molar-refractivity contribution in [2.24, 2.45) is 0 Å². The van der Waals surface area contributed by atoms with Crippen LogP contribution in [0.3, 0.4) is 0 Å². The van der Waals surface area contributed by atoms with Gasteiger partial charge in [0.05, 0.1) is 37.6 Å². The molecule has 2 atom stereocenters. The van der Waals surface area contributed by atoms with Gasteiger partial charge in [-0.25, -0.2) is 14.4 Å². The molecule has 3 N–H and O–H groups in total. The van der Waals surface area contributed by atoms with E-state index in [1.807, 2.05) is 19.1 Å². The predicted molar refractivity (Wildman–Crippen MR) is 130 cm³/mol. The number of amides is 5. The van der Waals surface area contributed by atoms with Crippen LogP contribution in [0.5, 0.6) is 5.75 Å². The normalized spacial score (nSPS) is 21.6. The molecule has 0 radical (unpaired) electrons. The highest BCUT2D eigenvalue weighted by atomic mass is 16.5. The second kappa shape index (κ2) is 9.73. The molecule has 2 aromatic carbocycles. The lowest BCUT2D eigenvalue weighted by molar-refractivity contribution is -0.139. The summed E-state index contributed by atoms with van der Waals surface area (Å²) in [5.74, 6) is -0.564. The summed E-state index contributed by atoms with van der Waals surface area (Å²) < 4.78 is 10.5. The molecular formula is C26H28N4O6. The number of hydrogen-bond donors (Lipinski definition) is 3. The third-order valence-corrected chi connectivity index (χ3v) is 6.32. The van der Waals surface area contributed by atoms with Crippen molar-refractivity contribution in [1.29, 1.82) is 0 Å². The first kappa shape index (κ1) is 24.8. The molecule has 36 heavy (non-hydrogen) atoms. The molecule has 0 saturated carbocycles. The van der Waals surface area contributed by atoms with Crippen LogP contribution in [0.2, 0.25) is 0 Å². The minimum Gasteiger partial charge on any atom is -0.497 e. The third-order valence-electron chi connectivity index (χ3n) is 6.32. The highest BCUT2D eigenvalue weighted by Gasteiger charge is 2.50. The second-order valence-electron chi connectivity index (χ2n) is 8.73. The van der Waals surface area contributed by atoms with E-state index in [-0.39, 0.29) is 24.4 Å². The van der Waals surface area contributed by atoms with E-state index in [9.17, 15) is 19.2 Å². The molecule has 1 fully saturated rings. The number of benzene rings is 2. The molecule has 188 valence electrons. The number of esters is 1. The lowest BCUT2D eigenvalue weighted by Crippen LogP contribution is -2.49. The maximum Gasteiger partial charge on any atom is 0.338 e. The van der Waals surface area contributed by atoms with E-state index in [1.54, 1.807) is 50.2 Å². The molecule has 2 unspecified atom stereocenters. The quantitative estimate of drug-likeness (QED) is 0.403. The van der Waals surface area contributed by atoms with E-state index in [2.05, 4.69) is 16.0 Å². The largest absolute Gasteiger partial charge is 0.497 e. The molecule has 1 saturated heterocycles. The monoisotopic (exact) mass is 492 g/mol. The van der Waals surface area contributed by atoms with Crippen LogP contribution in [-0.4, -0.2) is 49.1 Å². The summed E-state index contributed by atoms with van der Waals surface area (Å²) >= 11 is 0. The first-order valence-electron chi connectivity index (χ1n) is 11.5. The maximum absolute atomic E-state index is 13.5. The van der Waals surface area contributed by atoms with E-state index in [1.165, 1.54) is 7.11 Å². The molecule has 2 aromatic rings. The van der Waals surface area contributed by atoms with Gasteiger partial charge in [-0.15, -0.1) is 0 Å². The molecule has 0 spiro atoms. The number of imide groups is 1. The minimum atomic E-state index is -1.29. The smallest absolute Gasteiger partial charge is 0.338 e. The number of hydrogen-bond acceptors (Lipinski definition) is 6. The summed E-state index contributed by atoms with van der Waals surface area (Å²) in [6.07, 6.45) is 0. The molecule has 0 bridgehead atoms. The van der Waals surface area contributed by atoms with Gasteiger partial charge in [0, 0.05) is 0 Å². The molecular weight excluding hydrogens is 464 g/mol. The maximum atomic E-state index is 13.5. The zero-order valence-corrected chi connectivity index (χ0v) is 20.5. The van der Waals surface area contributed by atoms with Gasteiger partial charge in [-0.2, -0.15) is 0 Å². The van der Waals surface area contributed by atoms with Crippen LogP contribution in [0.4, 0.5) is 9.59 Å². The number of aryl methyl sites for hydroxylation is 1. The number of methoxy groups -OCH3 is 1. The van der Waals surface area contributed by atoms with Gasteiger partial charge in [-0.3, -0.25) is 9.69 Å². The Kier molecular flexibility index (Phi) is 6.69. The van der Waals surface area contributed by atoms with Crippen molar-refractivity contribution >= 4 is 23.9 Å². The highest BCUT2D eigenvalue weighted by molar-refractivity contribution is 6.07. The topological polar surface area (TPSA) is 126 Å². The Hall–Kier alpha value is -4.34. The van der Waals surface area contributed by atoms with Crippen molar-refractivity contribution in [2.75, 3.05) is 20.3 Å². The van der Waals surface area contributed by atoms with Crippen LogP contribution in [0, 0.1) is 6.92 Å². The fourth-order valence-electron chi connectivity index (χ4n) is 4.32. The standard InChI is InChI=1S/C26H28N4O6/c1-5-36-22(31)20-19(27-24(33)28-21(20)16-8-12-18(35-4)13-9-16)14-30-23(32)26(3,29-25(30)34)17-10-6-15(2)7-11-17/h6-13,21H,5,14H2,1-4H3,(H,29,34)(H2,27,28,33). The van der Waals surface area contributed by atoms with Crippen LogP contribution >= 0.6 is 0 Å². The Labute approximate surface area is 208 Å². The summed E-state index contributed by atoms with van der Waals surface area (Å²) in [7, 11) is 1.53. The zero-order valence-electron chi connectivity index (χ0n) is 20.5. The molecule has 10 nitrogen and oxygen atoms in total. The van der Waals surface area contributed by atoms with Crippen molar-refractivity contribution in [3.8, 4) is 5.75 Å². The lowest BCUT2D eigenvalue weighted by Gasteiger charge is -2.30. The highest BCUT2D eigenvalue weighted by Crippen LogP contribution is 2.32. The fraction of sp³-hybridized carbons (Fsp3) is 0.308. The van der Waals surface area contributed by atoms with E-state index in [0.29, 0.717) is 16.9 Å². The number of urea groups is 2. The van der Waals surface area contributed by atoms with Gasteiger partial charge in [0.2, 0.25) is 0 Å². The molecule has 0 aliphatic carbocycles. The molecule has 10 heteroatoms. The van der Waals surface area contributed by atoms with Crippen molar-refractivity contribution in [1.82, 2.24) is 20.9 Å². The van der Waals surface area contributed by atoms with Gasteiger partial charge in [0.15, 0.2) is 0 Å². The fourth-order valence-corrected chi connectivity index (χ4v) is 4.32. The summed E-state index contributed by atoms with van der Waals surface area (Å²) in [5, 5.41) is 8.08. The van der Waals surface area contributed by atoms with Gasteiger partial charge in [0.25, 0.3) is 5.91 Å². The number of ether oxygens (including phenoxy) is 2. The van der Waals surface area contributed by atoms with Gasteiger partial charge in [-0.1, -0.05) is 42.0 Å². The molecule has 4 rings (SSSR count). The van der Waals surface area contributed by atoms with Crippen molar-refractivity contribution in [2.45, 2.75) is 32.4 Å². The zero-order chi connectivity index (χ0) is 26.0. The van der Waals surface area contributed by atoms with Crippen molar-refractivity contribution in [3.63, 3.8) is 0 Å². The lowest BCUT2D eigenvalue weighted by atomic mass is 9.91. The summed E-state index contributed by atoms with van der Waals surface area (Å²) in [4.78, 5) is 53.0. The van der Waals surface area contributed by atoms with Crippen LogP contribution in [0.1, 0.15) is 36.6 Å². The van der Waals surface area contributed by atoms with E-state index < -0.39 is 35.5 Å². The second-order valence-corrected chi connectivity index (χ2v) is 8.73. The first-order chi connectivity index (χ1) is 17.2. The van der Waals surface area contributed by atoms with Crippen LogP contribution in [-0.2, 0) is 19.9 Å². The van der Waals surface area contributed by atoms with E-state index >= 15 is 0 Å². The summed E-state index contributed by atoms with van der Waals surface area (Å²) in [6.45, 7) is 5.00. The molecule has 2 heterocycles. The van der Waals surface area contributed by atoms with Crippen molar-refractivity contribution < 1.29 is 28.7 Å². The molecule has 2 aliphatic heterocycles. The van der Waals surface area contributed by atoms with E-state index in [0.717, 1.165) is 10.5 Å². The Morgan fingerprint density at radius 2 is 1.72 bits per heavy atom. The van der Waals surface area contributed by atoms with Crippen LogP contribution in [0.25, 0.3) is 0 Å². The number of carbonyl (C=O) groups is 4. The number of nitrogens with zero attached hydrogens (tertiary/aromatic N) is 1. The molecule has 2 aliphatic rings. The molecule has 0 aromatic heterocycles. The third kappa shape index (κ3) is 4.49. The number of nitrogens with one attached hydrogen (secondary N) is 3. The Morgan fingerprint density at radius 1 is 1.06 bits per heavy atom. The van der Waals surface area contributed by atoms with Crippen LogP contribution < -0.4 is 20.7 Å². The van der Waals surface area contributed by atoms with Crippen LogP contribution in [0.15, 0.2) is 59.8 Å². The first-order valence-corrected chi connectivity index (χ1v) is 11.5. The predicted octanol–water partition coefficient (Wildman–Crippen LogP) is 2.64. The Morgan fingerprint density at radius 3 is 2.33 bits per heavy atom.